The van der Waals surface area contributed by atoms with Crippen molar-refractivity contribution >= 4 is 6.29 Å². The van der Waals surface area contributed by atoms with Crippen LogP contribution in [0, 0.1) is 0 Å². The van der Waals surface area contributed by atoms with E-state index in [1.165, 1.54) is 5.56 Å². The van der Waals surface area contributed by atoms with Crippen LogP contribution < -0.4 is 0 Å². The first-order valence-electron chi connectivity index (χ1n) is 5.87. The zero-order chi connectivity index (χ0) is 11.7. The number of nitrogens with zero attached hydrogens (tertiary/aromatic N) is 1. The molecule has 0 saturated carbocycles. The summed E-state index contributed by atoms with van der Waals surface area (Å²) in [5.41, 5.74) is 2.40. The highest BCUT2D eigenvalue weighted by atomic mass is 16.3. The van der Waals surface area contributed by atoms with E-state index < -0.39 is 0 Å². The average molecular weight is 227 g/mol. The highest BCUT2D eigenvalue weighted by Gasteiger charge is 2.25. The maximum Gasteiger partial charge on any atom is 0.185 e. The summed E-state index contributed by atoms with van der Waals surface area (Å²) in [5.74, 6) is 1.45. The van der Waals surface area contributed by atoms with Gasteiger partial charge in [-0.3, -0.25) is 9.78 Å². The lowest BCUT2D eigenvalue weighted by Gasteiger charge is -2.22. The van der Waals surface area contributed by atoms with Crippen molar-refractivity contribution in [1.82, 2.24) is 4.98 Å². The molecule has 0 spiro atoms. The molecule has 0 saturated heterocycles. The number of aldehydes is 1. The van der Waals surface area contributed by atoms with Crippen LogP contribution in [0.1, 0.15) is 46.3 Å². The zero-order valence-electron chi connectivity index (χ0n) is 9.43. The number of rotatable bonds is 2. The maximum atomic E-state index is 10.6. The van der Waals surface area contributed by atoms with Crippen LogP contribution in [0.5, 0.6) is 0 Å². The Morgan fingerprint density at radius 1 is 1.35 bits per heavy atom. The fourth-order valence-corrected chi connectivity index (χ4v) is 2.51. The van der Waals surface area contributed by atoms with Gasteiger partial charge in [0.15, 0.2) is 12.0 Å². The molecule has 1 unspecified atom stereocenters. The smallest absolute Gasteiger partial charge is 0.185 e. The third-order valence-corrected chi connectivity index (χ3v) is 3.30. The van der Waals surface area contributed by atoms with Gasteiger partial charge in [-0.2, -0.15) is 0 Å². The van der Waals surface area contributed by atoms with Crippen LogP contribution in [0.15, 0.2) is 34.9 Å². The Balaban J connectivity index is 2.02. The van der Waals surface area contributed by atoms with Gasteiger partial charge < -0.3 is 4.42 Å². The van der Waals surface area contributed by atoms with Gasteiger partial charge in [0, 0.05) is 6.20 Å². The van der Waals surface area contributed by atoms with Gasteiger partial charge in [0.05, 0.1) is 11.6 Å². The summed E-state index contributed by atoms with van der Waals surface area (Å²) < 4.78 is 5.52. The summed E-state index contributed by atoms with van der Waals surface area (Å²) in [4.78, 5) is 15.1. The Labute approximate surface area is 99.5 Å². The molecule has 0 aliphatic heterocycles. The number of carbonyl (C=O) groups excluding carboxylic acids is 1. The topological polar surface area (TPSA) is 43.1 Å². The summed E-state index contributed by atoms with van der Waals surface area (Å²) in [6.07, 6.45) is 5.82. The molecule has 0 amide bonds. The van der Waals surface area contributed by atoms with E-state index in [1.807, 2.05) is 18.3 Å². The molecule has 2 heterocycles. The van der Waals surface area contributed by atoms with E-state index in [0.717, 1.165) is 37.0 Å². The van der Waals surface area contributed by atoms with E-state index in [9.17, 15) is 4.79 Å². The molecule has 0 fully saturated rings. The van der Waals surface area contributed by atoms with Gasteiger partial charge >= 0.3 is 0 Å². The van der Waals surface area contributed by atoms with E-state index in [1.54, 1.807) is 6.07 Å². The molecule has 0 N–H and O–H groups in total. The molecule has 17 heavy (non-hydrogen) atoms. The number of furan rings is 1. The van der Waals surface area contributed by atoms with Crippen molar-refractivity contribution in [3.05, 3.63) is 53.2 Å². The molecule has 2 aromatic heterocycles. The molecule has 3 rings (SSSR count). The van der Waals surface area contributed by atoms with Gasteiger partial charge in [-0.25, -0.2) is 0 Å². The normalized spacial score (nSPS) is 18.7. The third kappa shape index (κ3) is 1.78. The Hall–Kier alpha value is -1.90. The number of carbonyl (C=O) groups is 1. The molecule has 2 aromatic rings. The second kappa shape index (κ2) is 4.17. The molecule has 3 nitrogen and oxygen atoms in total. The summed E-state index contributed by atoms with van der Waals surface area (Å²) in [6.45, 7) is 0. The lowest BCUT2D eigenvalue weighted by molar-refractivity contribution is 0.109. The van der Waals surface area contributed by atoms with Crippen LogP contribution in [0.25, 0.3) is 0 Å². The highest BCUT2D eigenvalue weighted by molar-refractivity contribution is 5.70. The second-order valence-electron chi connectivity index (χ2n) is 4.35. The van der Waals surface area contributed by atoms with Crippen molar-refractivity contribution in [3.8, 4) is 0 Å². The number of hydrogen-bond acceptors (Lipinski definition) is 3. The monoisotopic (exact) mass is 227 g/mol. The summed E-state index contributed by atoms with van der Waals surface area (Å²) in [7, 11) is 0. The van der Waals surface area contributed by atoms with Crippen LogP contribution in [-0.2, 0) is 6.42 Å². The number of hydrogen-bond donors (Lipinski definition) is 0. The molecule has 1 atom stereocenters. The summed E-state index contributed by atoms with van der Waals surface area (Å²) >= 11 is 0. The Morgan fingerprint density at radius 3 is 3.12 bits per heavy atom. The van der Waals surface area contributed by atoms with Gasteiger partial charge in [0.1, 0.15) is 5.76 Å². The molecular weight excluding hydrogens is 214 g/mol. The number of pyridine rings is 1. The number of aromatic nitrogens is 1. The van der Waals surface area contributed by atoms with Crippen molar-refractivity contribution in [2.75, 3.05) is 0 Å². The highest BCUT2D eigenvalue weighted by Crippen LogP contribution is 2.35. The fourth-order valence-electron chi connectivity index (χ4n) is 2.51. The molecule has 0 aromatic carbocycles. The predicted molar refractivity (Wildman–Crippen MR) is 63.1 cm³/mol. The van der Waals surface area contributed by atoms with Crippen molar-refractivity contribution in [3.63, 3.8) is 0 Å². The standard InChI is InChI=1S/C14H13NO2/c16-9-11-6-7-13(17-11)12-5-1-3-10-4-2-8-15-14(10)12/h2,4,6-9,12H,1,3,5H2. The third-order valence-electron chi connectivity index (χ3n) is 3.30. The zero-order valence-corrected chi connectivity index (χ0v) is 9.43. The first-order chi connectivity index (χ1) is 8.38. The molecule has 1 aliphatic carbocycles. The summed E-state index contributed by atoms with van der Waals surface area (Å²) in [5, 5.41) is 0. The van der Waals surface area contributed by atoms with Crippen molar-refractivity contribution < 1.29 is 9.21 Å². The molecule has 0 bridgehead atoms. The minimum atomic E-state index is 0.202. The Morgan fingerprint density at radius 2 is 2.29 bits per heavy atom. The lowest BCUT2D eigenvalue weighted by atomic mass is 9.85. The SMILES string of the molecule is O=Cc1ccc(C2CCCc3cccnc32)o1. The van der Waals surface area contributed by atoms with Gasteiger partial charge in [-0.1, -0.05) is 6.07 Å². The lowest BCUT2D eigenvalue weighted by Crippen LogP contribution is -2.12. The van der Waals surface area contributed by atoms with E-state index in [4.69, 9.17) is 4.42 Å². The number of aryl methyl sites for hydroxylation is 1. The minimum Gasteiger partial charge on any atom is -0.458 e. The van der Waals surface area contributed by atoms with E-state index in [2.05, 4.69) is 11.1 Å². The minimum absolute atomic E-state index is 0.202. The first kappa shape index (κ1) is 10.3. The second-order valence-corrected chi connectivity index (χ2v) is 4.35. The number of fused-ring (bicyclic) bond motifs is 1. The van der Waals surface area contributed by atoms with Gasteiger partial charge in [0.25, 0.3) is 0 Å². The van der Waals surface area contributed by atoms with Crippen LogP contribution in [0.4, 0.5) is 0 Å². The Bertz CT molecular complexity index is 545. The maximum absolute atomic E-state index is 10.6. The Kier molecular flexibility index (Phi) is 2.52. The van der Waals surface area contributed by atoms with Crippen LogP contribution in [0.2, 0.25) is 0 Å². The first-order valence-corrected chi connectivity index (χ1v) is 5.87. The van der Waals surface area contributed by atoms with E-state index >= 15 is 0 Å². The quantitative estimate of drug-likeness (QED) is 0.741. The van der Waals surface area contributed by atoms with Crippen LogP contribution >= 0.6 is 0 Å². The fraction of sp³-hybridized carbons (Fsp3) is 0.286. The van der Waals surface area contributed by atoms with Crippen LogP contribution in [0.3, 0.4) is 0 Å². The van der Waals surface area contributed by atoms with Crippen molar-refractivity contribution in [2.45, 2.75) is 25.2 Å². The van der Waals surface area contributed by atoms with E-state index in [0.29, 0.717) is 5.76 Å². The molecule has 1 aliphatic rings. The molecule has 3 heteroatoms. The van der Waals surface area contributed by atoms with Gasteiger partial charge in [-0.05, 0) is 43.0 Å². The van der Waals surface area contributed by atoms with Crippen molar-refractivity contribution in [2.24, 2.45) is 0 Å². The molecule has 0 radical (unpaired) electrons. The van der Waals surface area contributed by atoms with Gasteiger partial charge in [0.2, 0.25) is 0 Å². The van der Waals surface area contributed by atoms with Crippen molar-refractivity contribution in [1.29, 1.82) is 0 Å². The molecular formula is C14H13NO2. The van der Waals surface area contributed by atoms with E-state index in [-0.39, 0.29) is 5.92 Å². The summed E-state index contributed by atoms with van der Waals surface area (Å²) in [6, 6.07) is 7.70. The van der Waals surface area contributed by atoms with Gasteiger partial charge in [-0.15, -0.1) is 0 Å². The average Bonchev–Trinajstić information content (AvgIpc) is 2.87. The largest absolute Gasteiger partial charge is 0.458 e. The predicted octanol–water partition coefficient (Wildman–Crippen LogP) is 2.96. The molecule has 86 valence electrons. The van der Waals surface area contributed by atoms with Crippen LogP contribution in [-0.4, -0.2) is 11.3 Å².